The molecule has 0 bridgehead atoms. The van der Waals surface area contributed by atoms with Gasteiger partial charge < -0.3 is 0 Å². The molecule has 0 nitrogen and oxygen atoms in total. The Morgan fingerprint density at radius 3 is 2.59 bits per heavy atom. The second-order valence-corrected chi connectivity index (χ2v) is 6.24. The summed E-state index contributed by atoms with van der Waals surface area (Å²) < 4.78 is 0. The van der Waals surface area contributed by atoms with E-state index in [1.54, 1.807) is 5.57 Å². The molecular formula is C22H20. The summed E-state index contributed by atoms with van der Waals surface area (Å²) in [6, 6.07) is 20.0. The maximum Gasteiger partial charge on any atom is -0.00576 e. The number of hydrogen-bond acceptors (Lipinski definition) is 0. The van der Waals surface area contributed by atoms with E-state index in [1.807, 2.05) is 0 Å². The van der Waals surface area contributed by atoms with E-state index in [-0.39, 0.29) is 0 Å². The van der Waals surface area contributed by atoms with E-state index in [0.29, 0.717) is 0 Å². The van der Waals surface area contributed by atoms with Crippen LogP contribution < -0.4 is 0 Å². The minimum Gasteiger partial charge on any atom is -0.0655 e. The molecule has 0 saturated heterocycles. The van der Waals surface area contributed by atoms with Crippen molar-refractivity contribution < 1.29 is 0 Å². The van der Waals surface area contributed by atoms with Gasteiger partial charge >= 0.3 is 0 Å². The maximum atomic E-state index is 2.41. The van der Waals surface area contributed by atoms with Crippen LogP contribution in [0, 0.1) is 6.92 Å². The van der Waals surface area contributed by atoms with Crippen LogP contribution in [0.2, 0.25) is 0 Å². The van der Waals surface area contributed by atoms with Gasteiger partial charge in [-0.05, 0) is 52.8 Å². The van der Waals surface area contributed by atoms with Crippen LogP contribution in [0.3, 0.4) is 0 Å². The van der Waals surface area contributed by atoms with Crippen molar-refractivity contribution >= 4 is 16.8 Å². The van der Waals surface area contributed by atoms with Crippen LogP contribution in [0.25, 0.3) is 28.0 Å². The lowest BCUT2D eigenvalue weighted by Crippen LogP contribution is -1.91. The van der Waals surface area contributed by atoms with Crippen LogP contribution >= 0.6 is 0 Å². The van der Waals surface area contributed by atoms with Gasteiger partial charge in [0.05, 0.1) is 0 Å². The third-order valence-electron chi connectivity index (χ3n) is 4.71. The molecule has 22 heavy (non-hydrogen) atoms. The highest BCUT2D eigenvalue weighted by Crippen LogP contribution is 2.38. The van der Waals surface area contributed by atoms with Crippen molar-refractivity contribution in [2.75, 3.05) is 0 Å². The molecule has 4 rings (SSSR count). The van der Waals surface area contributed by atoms with E-state index in [1.165, 1.54) is 38.6 Å². The molecule has 0 heterocycles. The fourth-order valence-electron chi connectivity index (χ4n) is 3.60. The Morgan fingerprint density at radius 2 is 1.73 bits per heavy atom. The molecule has 3 aromatic rings. The molecule has 0 saturated carbocycles. The summed E-state index contributed by atoms with van der Waals surface area (Å²) in [6.45, 7) is 4.46. The predicted octanol–water partition coefficient (Wildman–Crippen LogP) is 6.16. The average molecular weight is 284 g/mol. The first kappa shape index (κ1) is 13.3. The molecule has 0 spiro atoms. The highest BCUT2D eigenvalue weighted by Gasteiger charge is 2.17. The zero-order valence-corrected chi connectivity index (χ0v) is 13.2. The molecule has 0 heteroatoms. The Labute approximate surface area is 132 Å². The third kappa shape index (κ3) is 2.07. The lowest BCUT2D eigenvalue weighted by atomic mass is 9.91. The summed E-state index contributed by atoms with van der Waals surface area (Å²) in [5.74, 6) is 0. The van der Waals surface area contributed by atoms with Crippen molar-refractivity contribution in [1.29, 1.82) is 0 Å². The lowest BCUT2D eigenvalue weighted by Gasteiger charge is -2.12. The van der Waals surface area contributed by atoms with Crippen LogP contribution in [0.5, 0.6) is 0 Å². The van der Waals surface area contributed by atoms with Gasteiger partial charge in [0.1, 0.15) is 0 Å². The van der Waals surface area contributed by atoms with Crippen molar-refractivity contribution in [1.82, 2.24) is 0 Å². The van der Waals surface area contributed by atoms with Gasteiger partial charge in [0.25, 0.3) is 0 Å². The fraction of sp³-hybridized carbons (Fsp3) is 0.182. The quantitative estimate of drug-likeness (QED) is 0.528. The smallest absolute Gasteiger partial charge is 0.00576 e. The van der Waals surface area contributed by atoms with Crippen LogP contribution in [0.4, 0.5) is 0 Å². The van der Waals surface area contributed by atoms with E-state index >= 15 is 0 Å². The van der Waals surface area contributed by atoms with Crippen molar-refractivity contribution in [3.8, 4) is 11.1 Å². The second-order valence-electron chi connectivity index (χ2n) is 6.24. The predicted molar refractivity (Wildman–Crippen MR) is 96.1 cm³/mol. The molecule has 0 radical (unpaired) electrons. The van der Waals surface area contributed by atoms with Gasteiger partial charge in [-0.1, -0.05) is 78.7 Å². The molecule has 3 aromatic carbocycles. The molecule has 0 aliphatic heterocycles. The van der Waals surface area contributed by atoms with Gasteiger partial charge in [-0.15, -0.1) is 0 Å². The normalized spacial score (nSPS) is 13.3. The third-order valence-corrected chi connectivity index (χ3v) is 4.71. The highest BCUT2D eigenvalue weighted by molar-refractivity contribution is 5.99. The Kier molecular flexibility index (Phi) is 3.11. The molecule has 1 aliphatic rings. The van der Waals surface area contributed by atoms with Crippen molar-refractivity contribution in [2.45, 2.75) is 26.7 Å². The highest BCUT2D eigenvalue weighted by atomic mass is 14.2. The standard InChI is InChI=1S/C22H20/c1-3-16-13-18-11-15(2)12-22(21(18)14-16)20-10-6-8-17-7-4-5-9-19(17)20/h4-12,14H,3,13H2,1-2H3. The topological polar surface area (TPSA) is 0 Å². The molecule has 0 amide bonds. The molecule has 0 atom stereocenters. The number of aryl methyl sites for hydroxylation is 1. The Balaban J connectivity index is 2.02. The number of fused-ring (bicyclic) bond motifs is 2. The Hall–Kier alpha value is -2.34. The van der Waals surface area contributed by atoms with Gasteiger partial charge in [0.2, 0.25) is 0 Å². The van der Waals surface area contributed by atoms with Gasteiger partial charge in [0, 0.05) is 0 Å². The number of benzene rings is 3. The first-order valence-corrected chi connectivity index (χ1v) is 8.07. The maximum absolute atomic E-state index is 2.41. The van der Waals surface area contributed by atoms with Crippen LogP contribution in [-0.4, -0.2) is 0 Å². The monoisotopic (exact) mass is 284 g/mol. The Bertz CT molecular complexity index is 892. The summed E-state index contributed by atoms with van der Waals surface area (Å²) >= 11 is 0. The largest absolute Gasteiger partial charge is 0.0655 e. The molecule has 1 aliphatic carbocycles. The van der Waals surface area contributed by atoms with Gasteiger partial charge in [-0.3, -0.25) is 0 Å². The average Bonchev–Trinajstić information content (AvgIpc) is 2.96. The minimum absolute atomic E-state index is 1.12. The van der Waals surface area contributed by atoms with E-state index in [9.17, 15) is 0 Å². The van der Waals surface area contributed by atoms with E-state index < -0.39 is 0 Å². The fourth-order valence-corrected chi connectivity index (χ4v) is 3.60. The van der Waals surface area contributed by atoms with Crippen molar-refractivity contribution in [3.05, 3.63) is 76.9 Å². The van der Waals surface area contributed by atoms with Crippen LogP contribution in [0.1, 0.15) is 30.0 Å². The van der Waals surface area contributed by atoms with E-state index in [4.69, 9.17) is 0 Å². The Morgan fingerprint density at radius 1 is 0.909 bits per heavy atom. The first-order chi connectivity index (χ1) is 10.8. The van der Waals surface area contributed by atoms with Gasteiger partial charge in [-0.2, -0.15) is 0 Å². The van der Waals surface area contributed by atoms with Crippen LogP contribution in [-0.2, 0) is 6.42 Å². The second kappa shape index (κ2) is 5.14. The molecule has 0 fully saturated rings. The summed E-state index contributed by atoms with van der Waals surface area (Å²) in [4.78, 5) is 0. The summed E-state index contributed by atoms with van der Waals surface area (Å²) in [5, 5.41) is 2.66. The first-order valence-electron chi connectivity index (χ1n) is 8.07. The van der Waals surface area contributed by atoms with Crippen LogP contribution in [0.15, 0.2) is 60.2 Å². The minimum atomic E-state index is 1.12. The van der Waals surface area contributed by atoms with Gasteiger partial charge in [-0.25, -0.2) is 0 Å². The zero-order chi connectivity index (χ0) is 15.1. The summed E-state index contributed by atoms with van der Waals surface area (Å²) in [6.07, 6.45) is 4.67. The summed E-state index contributed by atoms with van der Waals surface area (Å²) in [7, 11) is 0. The van der Waals surface area contributed by atoms with E-state index in [0.717, 1.165) is 12.8 Å². The molecule has 0 aromatic heterocycles. The lowest BCUT2D eigenvalue weighted by molar-refractivity contribution is 1.04. The van der Waals surface area contributed by atoms with Crippen molar-refractivity contribution in [3.63, 3.8) is 0 Å². The van der Waals surface area contributed by atoms with Crippen molar-refractivity contribution in [2.24, 2.45) is 0 Å². The zero-order valence-electron chi connectivity index (χ0n) is 13.2. The van der Waals surface area contributed by atoms with Gasteiger partial charge in [0.15, 0.2) is 0 Å². The number of allylic oxidation sites excluding steroid dienone is 1. The molecular weight excluding hydrogens is 264 g/mol. The van der Waals surface area contributed by atoms with E-state index in [2.05, 4.69) is 74.5 Å². The molecule has 108 valence electrons. The summed E-state index contributed by atoms with van der Waals surface area (Å²) in [5.41, 5.74) is 8.55. The number of hydrogen-bond donors (Lipinski definition) is 0. The number of rotatable bonds is 2. The molecule has 0 N–H and O–H groups in total. The molecule has 0 unspecified atom stereocenters. The SMILES string of the molecule is CCC1=Cc2c(cc(C)cc2-c2cccc3ccccc23)C1.